The summed E-state index contributed by atoms with van der Waals surface area (Å²) in [7, 11) is 0. The highest BCUT2D eigenvalue weighted by molar-refractivity contribution is 5.70. The maximum atomic E-state index is 11.8. The summed E-state index contributed by atoms with van der Waals surface area (Å²) in [5.41, 5.74) is -1.10. The normalized spacial score (nSPS) is 22.6. The number of hydrogen-bond acceptors (Lipinski definition) is 5. The molecule has 0 aromatic heterocycles. The lowest BCUT2D eigenvalue weighted by Crippen LogP contribution is -2.52. The van der Waals surface area contributed by atoms with Crippen molar-refractivity contribution in [2.75, 3.05) is 13.1 Å². The van der Waals surface area contributed by atoms with Crippen LogP contribution < -0.4 is 16.0 Å². The first-order chi connectivity index (χ1) is 9.46. The first-order valence-electron chi connectivity index (χ1n) is 7.16. The van der Waals surface area contributed by atoms with Crippen molar-refractivity contribution in [3.05, 3.63) is 0 Å². The third-order valence-electron chi connectivity index (χ3n) is 2.62. The van der Waals surface area contributed by atoms with Crippen LogP contribution in [-0.4, -0.2) is 48.6 Å². The molecular weight excluding hydrogens is 274 g/mol. The molecule has 3 N–H and O–H groups in total. The number of carbonyl (C=O) groups excluding carboxylic acids is 2. The largest absolute Gasteiger partial charge is 0.444 e. The fourth-order valence-electron chi connectivity index (χ4n) is 1.90. The molecule has 0 aromatic rings. The van der Waals surface area contributed by atoms with Crippen molar-refractivity contribution >= 4 is 12.2 Å². The molecule has 122 valence electrons. The third kappa shape index (κ3) is 7.17. The molecule has 7 heteroatoms. The van der Waals surface area contributed by atoms with Gasteiger partial charge in [-0.3, -0.25) is 0 Å². The summed E-state index contributed by atoms with van der Waals surface area (Å²) in [6.45, 7) is 11.9. The second-order valence-electron chi connectivity index (χ2n) is 7.16. The van der Waals surface area contributed by atoms with Crippen molar-refractivity contribution in [3.8, 4) is 0 Å². The Labute approximate surface area is 126 Å². The van der Waals surface area contributed by atoms with Crippen molar-refractivity contribution < 1.29 is 19.1 Å². The van der Waals surface area contributed by atoms with Gasteiger partial charge < -0.3 is 25.4 Å². The zero-order chi connectivity index (χ0) is 16.3. The summed E-state index contributed by atoms with van der Waals surface area (Å²) < 4.78 is 10.4. The fraction of sp³-hybridized carbons (Fsp3) is 0.857. The molecule has 0 bridgehead atoms. The zero-order valence-corrected chi connectivity index (χ0v) is 13.7. The quantitative estimate of drug-likeness (QED) is 0.717. The molecule has 1 unspecified atom stereocenters. The predicted molar refractivity (Wildman–Crippen MR) is 79.2 cm³/mol. The maximum Gasteiger partial charge on any atom is 0.407 e. The Morgan fingerprint density at radius 3 is 1.48 bits per heavy atom. The number of rotatable bonds is 2. The van der Waals surface area contributed by atoms with Crippen molar-refractivity contribution in [1.29, 1.82) is 0 Å². The van der Waals surface area contributed by atoms with Gasteiger partial charge in [-0.2, -0.15) is 0 Å². The minimum absolute atomic E-state index is 0.229. The van der Waals surface area contributed by atoms with Gasteiger partial charge in [0, 0.05) is 13.1 Å². The SMILES string of the molecule is CC(C)(C)OC(=O)NC1CNC[C@@H]1NC(=O)OC(C)(C)C. The Balaban J connectivity index is 2.48. The second-order valence-corrected chi connectivity index (χ2v) is 7.16. The molecule has 21 heavy (non-hydrogen) atoms. The van der Waals surface area contributed by atoms with E-state index in [2.05, 4.69) is 16.0 Å². The average Bonchev–Trinajstić information content (AvgIpc) is 2.59. The lowest BCUT2D eigenvalue weighted by Gasteiger charge is -2.26. The summed E-state index contributed by atoms with van der Waals surface area (Å²) in [6, 6.07) is -0.459. The van der Waals surface area contributed by atoms with E-state index in [0.717, 1.165) is 0 Å². The Bertz CT molecular complexity index is 349. The third-order valence-corrected chi connectivity index (χ3v) is 2.62. The molecule has 1 aliphatic heterocycles. The van der Waals surface area contributed by atoms with E-state index in [9.17, 15) is 9.59 Å². The number of hydrogen-bond donors (Lipinski definition) is 3. The smallest absolute Gasteiger partial charge is 0.407 e. The van der Waals surface area contributed by atoms with Crippen LogP contribution in [0.1, 0.15) is 41.5 Å². The van der Waals surface area contributed by atoms with Crippen LogP contribution in [0.2, 0.25) is 0 Å². The van der Waals surface area contributed by atoms with Crippen LogP contribution in [0, 0.1) is 0 Å². The molecule has 2 amide bonds. The number of ether oxygens (including phenoxy) is 2. The van der Waals surface area contributed by atoms with Crippen LogP contribution in [0.3, 0.4) is 0 Å². The number of amides is 2. The van der Waals surface area contributed by atoms with Gasteiger partial charge in [-0.05, 0) is 41.5 Å². The molecule has 2 atom stereocenters. The first kappa shape index (κ1) is 17.6. The molecule has 1 heterocycles. The minimum atomic E-state index is -0.551. The van der Waals surface area contributed by atoms with Gasteiger partial charge in [0.1, 0.15) is 11.2 Å². The summed E-state index contributed by atoms with van der Waals surface area (Å²) in [4.78, 5) is 23.5. The number of carbonyl (C=O) groups is 2. The summed E-state index contributed by atoms with van der Waals surface area (Å²) >= 11 is 0. The predicted octanol–water partition coefficient (Wildman–Crippen LogP) is 1.38. The van der Waals surface area contributed by atoms with Gasteiger partial charge in [0.2, 0.25) is 0 Å². The van der Waals surface area contributed by atoms with Gasteiger partial charge in [0.15, 0.2) is 0 Å². The molecule has 0 saturated carbocycles. The van der Waals surface area contributed by atoms with Crippen molar-refractivity contribution in [2.24, 2.45) is 0 Å². The fourth-order valence-corrected chi connectivity index (χ4v) is 1.90. The van der Waals surface area contributed by atoms with E-state index in [0.29, 0.717) is 13.1 Å². The monoisotopic (exact) mass is 301 g/mol. The molecule has 0 aliphatic carbocycles. The van der Waals surface area contributed by atoms with Crippen molar-refractivity contribution in [2.45, 2.75) is 64.8 Å². The molecular formula is C14H27N3O4. The zero-order valence-electron chi connectivity index (χ0n) is 13.7. The number of nitrogens with one attached hydrogen (secondary N) is 3. The highest BCUT2D eigenvalue weighted by Gasteiger charge is 2.32. The Morgan fingerprint density at radius 2 is 1.19 bits per heavy atom. The molecule has 0 aromatic carbocycles. The van der Waals surface area contributed by atoms with Crippen LogP contribution in [0.4, 0.5) is 9.59 Å². The van der Waals surface area contributed by atoms with Crippen LogP contribution in [0.15, 0.2) is 0 Å². The lowest BCUT2D eigenvalue weighted by atomic mass is 10.1. The topological polar surface area (TPSA) is 88.7 Å². The molecule has 0 spiro atoms. The van der Waals surface area contributed by atoms with E-state index >= 15 is 0 Å². The molecule has 1 saturated heterocycles. The van der Waals surface area contributed by atoms with Crippen LogP contribution in [-0.2, 0) is 9.47 Å². The van der Waals surface area contributed by atoms with Gasteiger partial charge >= 0.3 is 12.2 Å². The molecule has 1 rings (SSSR count). The van der Waals surface area contributed by atoms with Crippen molar-refractivity contribution in [1.82, 2.24) is 16.0 Å². The average molecular weight is 301 g/mol. The Kier molecular flexibility index (Phi) is 5.44. The second kappa shape index (κ2) is 6.51. The van der Waals surface area contributed by atoms with Gasteiger partial charge in [-0.15, -0.1) is 0 Å². The van der Waals surface area contributed by atoms with Crippen LogP contribution in [0.25, 0.3) is 0 Å². The van der Waals surface area contributed by atoms with Crippen molar-refractivity contribution in [3.63, 3.8) is 0 Å². The maximum absolute atomic E-state index is 11.8. The highest BCUT2D eigenvalue weighted by Crippen LogP contribution is 2.10. The summed E-state index contributed by atoms with van der Waals surface area (Å²) in [5.74, 6) is 0. The molecule has 0 radical (unpaired) electrons. The lowest BCUT2D eigenvalue weighted by molar-refractivity contribution is 0.0447. The molecule has 1 aliphatic rings. The van der Waals surface area contributed by atoms with Crippen LogP contribution >= 0.6 is 0 Å². The Morgan fingerprint density at radius 1 is 0.857 bits per heavy atom. The van der Waals surface area contributed by atoms with Gasteiger partial charge in [0.05, 0.1) is 12.1 Å². The van der Waals surface area contributed by atoms with Gasteiger partial charge in [-0.1, -0.05) is 0 Å². The van der Waals surface area contributed by atoms with E-state index in [1.54, 1.807) is 41.5 Å². The highest BCUT2D eigenvalue weighted by atomic mass is 16.6. The minimum Gasteiger partial charge on any atom is -0.444 e. The summed E-state index contributed by atoms with van der Waals surface area (Å²) in [6.07, 6.45) is -0.987. The Hall–Kier alpha value is -1.50. The summed E-state index contributed by atoms with van der Waals surface area (Å²) in [5, 5.41) is 8.64. The van der Waals surface area contributed by atoms with E-state index in [1.165, 1.54) is 0 Å². The first-order valence-corrected chi connectivity index (χ1v) is 7.16. The van der Waals surface area contributed by atoms with E-state index in [-0.39, 0.29) is 12.1 Å². The molecule has 1 fully saturated rings. The standard InChI is InChI=1S/C14H27N3O4/c1-13(2,3)20-11(18)16-9-7-15-8-10(9)17-12(19)21-14(4,5)6/h9-10,15H,7-8H2,1-6H3,(H,16,18)(H,17,19)/t9-,10?/m0/s1. The van der Waals surface area contributed by atoms with E-state index in [1.807, 2.05) is 0 Å². The van der Waals surface area contributed by atoms with Crippen LogP contribution in [0.5, 0.6) is 0 Å². The number of alkyl carbamates (subject to hydrolysis) is 2. The van der Waals surface area contributed by atoms with Gasteiger partial charge in [0.25, 0.3) is 0 Å². The van der Waals surface area contributed by atoms with Gasteiger partial charge in [-0.25, -0.2) is 9.59 Å². The molecule has 7 nitrogen and oxygen atoms in total. The van der Waals surface area contributed by atoms with E-state index < -0.39 is 23.4 Å². The van der Waals surface area contributed by atoms with E-state index in [4.69, 9.17) is 9.47 Å².